The van der Waals surface area contributed by atoms with E-state index in [-0.39, 0.29) is 12.4 Å². The second-order valence-corrected chi connectivity index (χ2v) is 2.71. The minimum Gasteiger partial charge on any atom is -0.394 e. The van der Waals surface area contributed by atoms with E-state index in [9.17, 15) is 0 Å². The molecule has 2 N–H and O–H groups in total. The Morgan fingerprint density at radius 1 is 1.50 bits per heavy atom. The van der Waals surface area contributed by atoms with Crippen molar-refractivity contribution in [2.24, 2.45) is 0 Å². The summed E-state index contributed by atoms with van der Waals surface area (Å²) in [6, 6.07) is 1.84. The van der Waals surface area contributed by atoms with Crippen molar-refractivity contribution in [3.8, 4) is 5.82 Å². The maximum atomic E-state index is 5.76. The molecular weight excluding hydrogens is 202 g/mol. The van der Waals surface area contributed by atoms with Crippen molar-refractivity contribution in [3.05, 3.63) is 24.7 Å². The summed E-state index contributed by atoms with van der Waals surface area (Å²) in [5.74, 6) is 0.687. The van der Waals surface area contributed by atoms with Gasteiger partial charge in [-0.1, -0.05) is 0 Å². The van der Waals surface area contributed by atoms with Crippen molar-refractivity contribution in [3.63, 3.8) is 0 Å². The Balaban J connectivity index is 0.000000980. The van der Waals surface area contributed by atoms with Crippen LogP contribution in [0.1, 0.15) is 6.92 Å². The van der Waals surface area contributed by atoms with E-state index < -0.39 is 0 Å². The largest absolute Gasteiger partial charge is 0.394 e. The SMILES string of the molecule is CCn1cc(N)c(-n2cccn2)n1.Cl. The van der Waals surface area contributed by atoms with Crippen molar-refractivity contribution in [2.75, 3.05) is 5.73 Å². The lowest BCUT2D eigenvalue weighted by Crippen LogP contribution is -2.00. The molecule has 0 radical (unpaired) electrons. The Morgan fingerprint density at radius 2 is 2.29 bits per heavy atom. The van der Waals surface area contributed by atoms with Crippen molar-refractivity contribution in [1.82, 2.24) is 19.6 Å². The highest BCUT2D eigenvalue weighted by molar-refractivity contribution is 5.85. The fourth-order valence-corrected chi connectivity index (χ4v) is 1.16. The molecule has 0 aliphatic rings. The number of aromatic nitrogens is 4. The lowest BCUT2D eigenvalue weighted by Gasteiger charge is -1.95. The molecule has 0 atom stereocenters. The zero-order valence-electron chi connectivity index (χ0n) is 7.79. The van der Waals surface area contributed by atoms with Crippen LogP contribution in [0, 0.1) is 0 Å². The number of anilines is 1. The van der Waals surface area contributed by atoms with Gasteiger partial charge in [-0.2, -0.15) is 10.2 Å². The van der Waals surface area contributed by atoms with Gasteiger partial charge in [-0.15, -0.1) is 12.4 Å². The van der Waals surface area contributed by atoms with E-state index in [1.807, 2.05) is 19.2 Å². The molecule has 0 aliphatic carbocycles. The fraction of sp³-hybridized carbons (Fsp3) is 0.250. The van der Waals surface area contributed by atoms with E-state index in [1.54, 1.807) is 21.8 Å². The maximum Gasteiger partial charge on any atom is 0.198 e. The third kappa shape index (κ3) is 1.72. The average molecular weight is 214 g/mol. The molecule has 0 spiro atoms. The maximum absolute atomic E-state index is 5.76. The van der Waals surface area contributed by atoms with Gasteiger partial charge in [0.15, 0.2) is 5.82 Å². The predicted molar refractivity (Wildman–Crippen MR) is 56.7 cm³/mol. The first-order valence-electron chi connectivity index (χ1n) is 4.14. The zero-order chi connectivity index (χ0) is 9.26. The third-order valence-corrected chi connectivity index (χ3v) is 1.81. The highest BCUT2D eigenvalue weighted by Crippen LogP contribution is 2.12. The number of rotatable bonds is 2. The van der Waals surface area contributed by atoms with Crippen molar-refractivity contribution in [2.45, 2.75) is 13.5 Å². The van der Waals surface area contributed by atoms with Gasteiger partial charge < -0.3 is 5.73 Å². The Hall–Kier alpha value is -1.49. The van der Waals surface area contributed by atoms with Gasteiger partial charge in [-0.05, 0) is 13.0 Å². The predicted octanol–water partition coefficient (Wildman–Crippen LogP) is 1.09. The van der Waals surface area contributed by atoms with E-state index in [1.165, 1.54) is 0 Å². The molecule has 2 heterocycles. The molecule has 0 bridgehead atoms. The summed E-state index contributed by atoms with van der Waals surface area (Å²) in [7, 11) is 0. The quantitative estimate of drug-likeness (QED) is 0.813. The van der Waals surface area contributed by atoms with E-state index in [2.05, 4.69) is 10.2 Å². The Labute approximate surface area is 87.9 Å². The van der Waals surface area contributed by atoms with Gasteiger partial charge in [-0.25, -0.2) is 4.68 Å². The van der Waals surface area contributed by atoms with Crippen LogP contribution in [0.15, 0.2) is 24.7 Å². The topological polar surface area (TPSA) is 61.7 Å². The van der Waals surface area contributed by atoms with Gasteiger partial charge >= 0.3 is 0 Å². The van der Waals surface area contributed by atoms with Crippen LogP contribution in [0.25, 0.3) is 5.82 Å². The molecule has 0 unspecified atom stereocenters. The number of nitrogen functional groups attached to an aromatic ring is 1. The van der Waals surface area contributed by atoms with E-state index in [0.29, 0.717) is 11.5 Å². The Morgan fingerprint density at radius 3 is 2.79 bits per heavy atom. The molecule has 6 heteroatoms. The van der Waals surface area contributed by atoms with Crippen LogP contribution in [0.2, 0.25) is 0 Å². The third-order valence-electron chi connectivity index (χ3n) is 1.81. The molecule has 0 saturated heterocycles. The fourth-order valence-electron chi connectivity index (χ4n) is 1.16. The van der Waals surface area contributed by atoms with Gasteiger partial charge in [-0.3, -0.25) is 4.68 Å². The second-order valence-electron chi connectivity index (χ2n) is 2.71. The minimum atomic E-state index is 0. The lowest BCUT2D eigenvalue weighted by molar-refractivity contribution is 0.646. The summed E-state index contributed by atoms with van der Waals surface area (Å²) in [6.45, 7) is 2.82. The molecule has 5 nitrogen and oxygen atoms in total. The highest BCUT2D eigenvalue weighted by Gasteiger charge is 2.06. The standard InChI is InChI=1S/C8H11N5.ClH/c1-2-12-6-7(9)8(11-12)13-5-3-4-10-13;/h3-6H,2,9H2,1H3;1H. The molecule has 14 heavy (non-hydrogen) atoms. The number of nitrogens with zero attached hydrogens (tertiary/aromatic N) is 4. The van der Waals surface area contributed by atoms with Gasteiger partial charge in [0, 0.05) is 18.9 Å². The van der Waals surface area contributed by atoms with Crippen molar-refractivity contribution in [1.29, 1.82) is 0 Å². The van der Waals surface area contributed by atoms with Crippen LogP contribution in [0.5, 0.6) is 0 Å². The van der Waals surface area contributed by atoms with Gasteiger partial charge in [0.1, 0.15) is 0 Å². The summed E-state index contributed by atoms with van der Waals surface area (Å²) >= 11 is 0. The van der Waals surface area contributed by atoms with Crippen LogP contribution < -0.4 is 5.73 Å². The Bertz CT molecular complexity index is 392. The Kier molecular flexibility index (Phi) is 3.14. The van der Waals surface area contributed by atoms with Crippen LogP contribution in [0.4, 0.5) is 5.69 Å². The number of nitrogens with two attached hydrogens (primary N) is 1. The molecule has 0 amide bonds. The number of hydrogen-bond donors (Lipinski definition) is 1. The molecule has 76 valence electrons. The molecule has 2 aromatic rings. The van der Waals surface area contributed by atoms with Crippen molar-refractivity contribution >= 4 is 18.1 Å². The summed E-state index contributed by atoms with van der Waals surface area (Å²) in [5, 5.41) is 8.32. The molecule has 0 aliphatic heterocycles. The molecule has 0 fully saturated rings. The number of aryl methyl sites for hydroxylation is 1. The number of halogens is 1. The molecular formula is C8H12ClN5. The van der Waals surface area contributed by atoms with Crippen LogP contribution in [-0.4, -0.2) is 19.6 Å². The van der Waals surface area contributed by atoms with Crippen LogP contribution >= 0.6 is 12.4 Å². The van der Waals surface area contributed by atoms with Gasteiger partial charge in [0.25, 0.3) is 0 Å². The van der Waals surface area contributed by atoms with Crippen LogP contribution in [0.3, 0.4) is 0 Å². The normalized spacial score (nSPS) is 9.79. The van der Waals surface area contributed by atoms with Gasteiger partial charge in [0.2, 0.25) is 0 Å². The summed E-state index contributed by atoms with van der Waals surface area (Å²) in [5.41, 5.74) is 6.41. The first kappa shape index (κ1) is 10.6. The average Bonchev–Trinajstić information content (AvgIpc) is 2.72. The first-order valence-corrected chi connectivity index (χ1v) is 4.14. The molecule has 2 aromatic heterocycles. The first-order chi connectivity index (χ1) is 6.31. The molecule has 0 saturated carbocycles. The van der Waals surface area contributed by atoms with E-state index in [0.717, 1.165) is 6.54 Å². The second kappa shape index (κ2) is 4.15. The smallest absolute Gasteiger partial charge is 0.198 e. The minimum absolute atomic E-state index is 0. The monoisotopic (exact) mass is 213 g/mol. The summed E-state index contributed by atoms with van der Waals surface area (Å²) in [6.07, 6.45) is 5.32. The van der Waals surface area contributed by atoms with Crippen LogP contribution in [-0.2, 0) is 6.54 Å². The zero-order valence-corrected chi connectivity index (χ0v) is 8.61. The lowest BCUT2D eigenvalue weighted by atomic mass is 10.5. The van der Waals surface area contributed by atoms with E-state index >= 15 is 0 Å². The summed E-state index contributed by atoms with van der Waals surface area (Å²) < 4.78 is 3.44. The van der Waals surface area contributed by atoms with Gasteiger partial charge in [0.05, 0.1) is 11.9 Å². The summed E-state index contributed by atoms with van der Waals surface area (Å²) in [4.78, 5) is 0. The van der Waals surface area contributed by atoms with Crippen molar-refractivity contribution < 1.29 is 0 Å². The van der Waals surface area contributed by atoms with E-state index in [4.69, 9.17) is 5.73 Å². The number of hydrogen-bond acceptors (Lipinski definition) is 3. The molecule has 2 rings (SSSR count). The highest BCUT2D eigenvalue weighted by atomic mass is 35.5. The molecule has 0 aromatic carbocycles.